The van der Waals surface area contributed by atoms with Gasteiger partial charge in [0.2, 0.25) is 5.91 Å². The third-order valence-electron chi connectivity index (χ3n) is 5.00. The van der Waals surface area contributed by atoms with Crippen molar-refractivity contribution in [2.45, 2.75) is 24.7 Å². The van der Waals surface area contributed by atoms with Crippen molar-refractivity contribution >= 4 is 29.1 Å². The Kier molecular flexibility index (Phi) is 4.14. The normalized spacial score (nSPS) is 21.9. The van der Waals surface area contributed by atoms with Crippen molar-refractivity contribution < 1.29 is 22.8 Å². The third kappa shape index (κ3) is 2.86. The molecule has 140 valence electrons. The number of para-hydroxylation sites is 1. The second-order valence-corrected chi connectivity index (χ2v) is 6.97. The second-order valence-electron chi connectivity index (χ2n) is 6.57. The predicted molar refractivity (Wildman–Crippen MR) is 93.6 cm³/mol. The molecule has 2 aliphatic heterocycles. The number of likely N-dealkylation sites (tertiary alicyclic amines) is 1. The molecule has 0 spiro atoms. The Morgan fingerprint density at radius 3 is 2.41 bits per heavy atom. The van der Waals surface area contributed by atoms with E-state index in [1.165, 1.54) is 17.0 Å². The van der Waals surface area contributed by atoms with Crippen molar-refractivity contribution in [1.29, 1.82) is 0 Å². The van der Waals surface area contributed by atoms with Crippen LogP contribution in [0.25, 0.3) is 0 Å². The number of carbonyl (C=O) groups excluding carboxylic acids is 2. The first-order chi connectivity index (χ1) is 12.8. The highest BCUT2D eigenvalue weighted by atomic mass is 35.5. The highest BCUT2D eigenvalue weighted by Crippen LogP contribution is 2.40. The van der Waals surface area contributed by atoms with E-state index in [4.69, 9.17) is 11.6 Å². The Bertz CT molecular complexity index is 931. The van der Waals surface area contributed by atoms with Gasteiger partial charge in [-0.2, -0.15) is 13.2 Å². The van der Waals surface area contributed by atoms with Gasteiger partial charge in [0.05, 0.1) is 27.9 Å². The lowest BCUT2D eigenvalue weighted by Crippen LogP contribution is -2.52. The molecular formula is C19H14ClF3N2O2. The Balaban J connectivity index is 1.63. The van der Waals surface area contributed by atoms with Crippen LogP contribution in [-0.2, 0) is 11.0 Å². The number of hydrogen-bond donors (Lipinski definition) is 0. The maximum Gasteiger partial charge on any atom is 0.417 e. The average molecular weight is 395 g/mol. The Hall–Kier alpha value is -2.54. The zero-order valence-corrected chi connectivity index (χ0v) is 14.7. The van der Waals surface area contributed by atoms with Gasteiger partial charge in [-0.25, -0.2) is 0 Å². The molecule has 2 bridgehead atoms. The fourth-order valence-electron chi connectivity index (χ4n) is 3.83. The van der Waals surface area contributed by atoms with Crippen LogP contribution in [0.4, 0.5) is 18.9 Å². The number of rotatable bonds is 2. The number of carbonyl (C=O) groups is 2. The van der Waals surface area contributed by atoms with E-state index in [0.717, 1.165) is 12.1 Å². The van der Waals surface area contributed by atoms with Crippen LogP contribution in [0.5, 0.6) is 0 Å². The van der Waals surface area contributed by atoms with Gasteiger partial charge in [-0.05, 0) is 30.7 Å². The first kappa shape index (κ1) is 17.9. The van der Waals surface area contributed by atoms with Crippen LogP contribution in [0.15, 0.2) is 48.5 Å². The average Bonchev–Trinajstić information content (AvgIpc) is 3.19. The van der Waals surface area contributed by atoms with Crippen LogP contribution in [-0.4, -0.2) is 35.3 Å². The molecule has 27 heavy (non-hydrogen) atoms. The number of halogens is 4. The van der Waals surface area contributed by atoms with Gasteiger partial charge < -0.3 is 9.80 Å². The fraction of sp³-hybridized carbons (Fsp3) is 0.263. The quantitative estimate of drug-likeness (QED) is 0.772. The van der Waals surface area contributed by atoms with Crippen LogP contribution >= 0.6 is 11.6 Å². The van der Waals surface area contributed by atoms with Crippen molar-refractivity contribution in [3.05, 3.63) is 64.7 Å². The summed E-state index contributed by atoms with van der Waals surface area (Å²) in [4.78, 5) is 28.4. The van der Waals surface area contributed by atoms with E-state index in [1.807, 2.05) is 0 Å². The summed E-state index contributed by atoms with van der Waals surface area (Å²) < 4.78 is 39.7. The Morgan fingerprint density at radius 1 is 1.07 bits per heavy atom. The summed E-state index contributed by atoms with van der Waals surface area (Å²) in [6.07, 6.45) is -4.26. The molecule has 2 amide bonds. The number of anilines is 1. The van der Waals surface area contributed by atoms with Crippen LogP contribution in [0.2, 0.25) is 5.02 Å². The molecule has 2 atom stereocenters. The van der Waals surface area contributed by atoms with Crippen molar-refractivity contribution in [2.24, 2.45) is 0 Å². The Morgan fingerprint density at radius 2 is 1.74 bits per heavy atom. The molecule has 4 nitrogen and oxygen atoms in total. The molecule has 0 saturated carbocycles. The van der Waals surface area contributed by atoms with E-state index in [9.17, 15) is 22.8 Å². The van der Waals surface area contributed by atoms with Gasteiger partial charge in [0.15, 0.2) is 0 Å². The van der Waals surface area contributed by atoms with E-state index in [1.54, 1.807) is 29.2 Å². The van der Waals surface area contributed by atoms with Gasteiger partial charge in [-0.3, -0.25) is 9.59 Å². The van der Waals surface area contributed by atoms with Gasteiger partial charge in [-0.15, -0.1) is 0 Å². The molecule has 2 saturated heterocycles. The first-order valence-electron chi connectivity index (χ1n) is 8.34. The lowest BCUT2D eigenvalue weighted by atomic mass is 10.1. The number of amides is 2. The first-order valence-corrected chi connectivity index (χ1v) is 8.71. The SMILES string of the molecule is O=C(c1ccccc1C(F)(F)F)N1C[C@@H]2C[C@H]1C(=O)N2c1ccccc1Cl. The lowest BCUT2D eigenvalue weighted by Gasteiger charge is -2.34. The predicted octanol–water partition coefficient (Wildman–Crippen LogP) is 3.99. The van der Waals surface area contributed by atoms with Crippen molar-refractivity contribution in [2.75, 3.05) is 11.4 Å². The van der Waals surface area contributed by atoms with Crippen LogP contribution in [0.1, 0.15) is 22.3 Å². The number of fused-ring (bicyclic) bond motifs is 2. The Labute approximate surface area is 158 Å². The molecule has 8 heteroatoms. The van der Waals surface area contributed by atoms with Crippen LogP contribution in [0, 0.1) is 0 Å². The van der Waals surface area contributed by atoms with E-state index < -0.39 is 29.3 Å². The highest BCUT2D eigenvalue weighted by Gasteiger charge is 2.52. The summed E-state index contributed by atoms with van der Waals surface area (Å²) in [5.41, 5.74) is -0.873. The number of benzene rings is 2. The molecule has 2 aliphatic rings. The molecule has 2 aromatic carbocycles. The van der Waals surface area contributed by atoms with Crippen LogP contribution < -0.4 is 4.90 Å². The van der Waals surface area contributed by atoms with Gasteiger partial charge in [0.25, 0.3) is 5.91 Å². The molecule has 2 heterocycles. The van der Waals surface area contributed by atoms with Crippen molar-refractivity contribution in [3.63, 3.8) is 0 Å². The van der Waals surface area contributed by atoms with E-state index >= 15 is 0 Å². The number of piperazine rings is 1. The summed E-state index contributed by atoms with van der Waals surface area (Å²) in [5, 5.41) is 0.415. The second kappa shape index (κ2) is 6.27. The molecular weight excluding hydrogens is 381 g/mol. The summed E-state index contributed by atoms with van der Waals surface area (Å²) in [6.45, 7) is 0.173. The molecule has 2 fully saturated rings. The van der Waals surface area contributed by atoms with Gasteiger partial charge in [0, 0.05) is 6.54 Å². The van der Waals surface area contributed by atoms with Crippen LogP contribution in [0.3, 0.4) is 0 Å². The minimum Gasteiger partial charge on any atom is -0.324 e. The smallest absolute Gasteiger partial charge is 0.324 e. The molecule has 0 unspecified atom stereocenters. The zero-order chi connectivity index (χ0) is 19.3. The fourth-order valence-corrected chi connectivity index (χ4v) is 4.06. The van der Waals surface area contributed by atoms with Crippen molar-refractivity contribution in [3.8, 4) is 0 Å². The number of hydrogen-bond acceptors (Lipinski definition) is 2. The molecule has 0 N–H and O–H groups in total. The largest absolute Gasteiger partial charge is 0.417 e. The highest BCUT2D eigenvalue weighted by molar-refractivity contribution is 6.34. The standard InChI is InChI=1S/C19H14ClF3N2O2/c20-14-7-3-4-8-15(14)25-11-9-16(18(25)27)24(10-11)17(26)12-5-1-2-6-13(12)19(21,22)23/h1-8,11,16H,9-10H2/t11-,16-/m0/s1. The van der Waals surface area contributed by atoms with Gasteiger partial charge in [0.1, 0.15) is 6.04 Å². The topological polar surface area (TPSA) is 40.6 Å². The van der Waals surface area contributed by atoms with Gasteiger partial charge in [-0.1, -0.05) is 35.9 Å². The molecule has 4 rings (SSSR count). The van der Waals surface area contributed by atoms with Crippen molar-refractivity contribution in [1.82, 2.24) is 4.90 Å². The third-order valence-corrected chi connectivity index (χ3v) is 5.32. The van der Waals surface area contributed by atoms with Gasteiger partial charge >= 0.3 is 6.18 Å². The molecule has 0 aromatic heterocycles. The molecule has 0 radical (unpaired) electrons. The van der Waals surface area contributed by atoms with E-state index in [2.05, 4.69) is 0 Å². The lowest BCUT2D eigenvalue weighted by molar-refractivity contribution is -0.138. The monoisotopic (exact) mass is 394 g/mol. The molecule has 2 aromatic rings. The number of nitrogens with zero attached hydrogens (tertiary/aromatic N) is 2. The maximum atomic E-state index is 13.2. The minimum atomic E-state index is -4.64. The van der Waals surface area contributed by atoms with E-state index in [-0.39, 0.29) is 18.5 Å². The minimum absolute atomic E-state index is 0.173. The summed E-state index contributed by atoms with van der Waals surface area (Å²) in [7, 11) is 0. The summed E-state index contributed by atoms with van der Waals surface area (Å²) >= 11 is 6.17. The summed E-state index contributed by atoms with van der Waals surface area (Å²) in [5.74, 6) is -1.10. The van der Waals surface area contributed by atoms with E-state index in [0.29, 0.717) is 17.1 Å². The number of alkyl halides is 3. The molecule has 0 aliphatic carbocycles. The maximum absolute atomic E-state index is 13.2. The zero-order valence-electron chi connectivity index (χ0n) is 13.9. The summed E-state index contributed by atoms with van der Waals surface area (Å²) in [6, 6.07) is 10.4.